The van der Waals surface area contributed by atoms with Crippen molar-refractivity contribution in [2.75, 3.05) is 7.11 Å². The third-order valence-corrected chi connectivity index (χ3v) is 4.05. The number of fused-ring (bicyclic) bond motifs is 1. The third kappa shape index (κ3) is 3.43. The molecule has 0 aliphatic carbocycles. The lowest BCUT2D eigenvalue weighted by Gasteiger charge is -2.12. The molecule has 0 aliphatic rings. The van der Waals surface area contributed by atoms with Crippen LogP contribution in [0.3, 0.4) is 0 Å². The largest absolute Gasteiger partial charge is 0.497 e. The fourth-order valence-corrected chi connectivity index (χ4v) is 2.70. The molecular weight excluding hydrogens is 290 g/mol. The first-order valence-electron chi connectivity index (χ1n) is 7.66. The highest BCUT2D eigenvalue weighted by molar-refractivity contribution is 5.81. The number of hydrogen-bond donors (Lipinski definition) is 1. The highest BCUT2D eigenvalue weighted by Crippen LogP contribution is 2.22. The van der Waals surface area contributed by atoms with E-state index in [1.165, 1.54) is 5.56 Å². The van der Waals surface area contributed by atoms with Crippen molar-refractivity contribution in [1.29, 1.82) is 0 Å². The van der Waals surface area contributed by atoms with Gasteiger partial charge in [0.05, 0.1) is 7.11 Å². The van der Waals surface area contributed by atoms with Crippen LogP contribution >= 0.6 is 0 Å². The first kappa shape index (κ1) is 15.3. The Morgan fingerprint density at radius 3 is 2.65 bits per heavy atom. The Bertz CT molecular complexity index is 855. The van der Waals surface area contributed by atoms with Crippen molar-refractivity contribution in [2.24, 2.45) is 0 Å². The summed E-state index contributed by atoms with van der Waals surface area (Å²) < 4.78 is 10.5. The van der Waals surface area contributed by atoms with Gasteiger partial charge in [-0.05, 0) is 19.1 Å². The lowest BCUT2D eigenvalue weighted by atomic mass is 10.1. The smallest absolute Gasteiger partial charge is 0.336 e. The molecule has 0 unspecified atom stereocenters. The Labute approximate surface area is 134 Å². The maximum atomic E-state index is 11.8. The van der Waals surface area contributed by atoms with Gasteiger partial charge < -0.3 is 14.5 Å². The van der Waals surface area contributed by atoms with Crippen molar-refractivity contribution in [3.8, 4) is 5.75 Å². The minimum atomic E-state index is -0.332. The summed E-state index contributed by atoms with van der Waals surface area (Å²) in [6.45, 7) is 2.87. The van der Waals surface area contributed by atoms with Gasteiger partial charge in [0.25, 0.3) is 0 Å². The first-order chi connectivity index (χ1) is 11.2. The van der Waals surface area contributed by atoms with Crippen LogP contribution in [0.5, 0.6) is 5.75 Å². The molecule has 2 aromatic carbocycles. The third-order valence-electron chi connectivity index (χ3n) is 4.05. The minimum absolute atomic E-state index is 0.316. The number of ether oxygens (including phenoxy) is 1. The molecule has 118 valence electrons. The Balaban J connectivity index is 1.86. The van der Waals surface area contributed by atoms with Crippen molar-refractivity contribution < 1.29 is 14.5 Å². The molecule has 1 heterocycles. The van der Waals surface area contributed by atoms with Gasteiger partial charge >= 0.3 is 5.63 Å². The zero-order chi connectivity index (χ0) is 16.2. The van der Waals surface area contributed by atoms with Gasteiger partial charge in [0.15, 0.2) is 0 Å². The van der Waals surface area contributed by atoms with E-state index in [1.54, 1.807) is 19.2 Å². The van der Waals surface area contributed by atoms with E-state index in [-0.39, 0.29) is 5.63 Å². The lowest BCUT2D eigenvalue weighted by molar-refractivity contribution is -0.707. The van der Waals surface area contributed by atoms with E-state index in [0.717, 1.165) is 10.9 Å². The van der Waals surface area contributed by atoms with Crippen molar-refractivity contribution in [1.82, 2.24) is 0 Å². The number of hydrogen-bond acceptors (Lipinski definition) is 3. The van der Waals surface area contributed by atoms with Crippen LogP contribution in [-0.4, -0.2) is 7.11 Å². The van der Waals surface area contributed by atoms with Gasteiger partial charge in [0, 0.05) is 28.6 Å². The van der Waals surface area contributed by atoms with Gasteiger partial charge in [-0.2, -0.15) is 0 Å². The lowest BCUT2D eigenvalue weighted by Crippen LogP contribution is -2.83. The number of methoxy groups -OCH3 is 1. The normalized spacial score (nSPS) is 12.3. The van der Waals surface area contributed by atoms with Crippen LogP contribution in [0.1, 0.15) is 24.1 Å². The van der Waals surface area contributed by atoms with Gasteiger partial charge in [-0.15, -0.1) is 0 Å². The molecule has 0 bridgehead atoms. The maximum absolute atomic E-state index is 11.8. The Hall–Kier alpha value is -2.59. The fraction of sp³-hybridized carbons (Fsp3) is 0.211. The van der Waals surface area contributed by atoms with E-state index in [1.807, 2.05) is 30.3 Å². The van der Waals surface area contributed by atoms with Crippen LogP contribution in [0.25, 0.3) is 11.0 Å². The summed E-state index contributed by atoms with van der Waals surface area (Å²) in [5.41, 5.74) is 2.47. The minimum Gasteiger partial charge on any atom is -0.497 e. The summed E-state index contributed by atoms with van der Waals surface area (Å²) in [4.78, 5) is 11.8. The number of rotatable bonds is 5. The molecule has 3 aromatic rings. The van der Waals surface area contributed by atoms with E-state index in [4.69, 9.17) is 9.15 Å². The summed E-state index contributed by atoms with van der Waals surface area (Å²) in [6.07, 6.45) is 0. The fourth-order valence-electron chi connectivity index (χ4n) is 2.70. The second-order valence-electron chi connectivity index (χ2n) is 5.59. The molecule has 0 amide bonds. The molecule has 0 saturated heterocycles. The molecule has 0 saturated carbocycles. The Morgan fingerprint density at radius 1 is 1.13 bits per heavy atom. The highest BCUT2D eigenvalue weighted by Gasteiger charge is 2.12. The van der Waals surface area contributed by atoms with Crippen LogP contribution in [0, 0.1) is 0 Å². The van der Waals surface area contributed by atoms with Crippen LogP contribution in [-0.2, 0) is 6.54 Å². The first-order valence-corrected chi connectivity index (χ1v) is 7.66. The summed E-state index contributed by atoms with van der Waals surface area (Å²) in [5.74, 6) is 0.680. The number of nitrogens with two attached hydrogens (primary N) is 1. The Kier molecular flexibility index (Phi) is 4.44. The average Bonchev–Trinajstić information content (AvgIpc) is 2.59. The van der Waals surface area contributed by atoms with Gasteiger partial charge in [-0.3, -0.25) is 0 Å². The molecule has 4 nitrogen and oxygen atoms in total. The van der Waals surface area contributed by atoms with Gasteiger partial charge in [-0.25, -0.2) is 4.79 Å². The maximum Gasteiger partial charge on any atom is 0.336 e. The van der Waals surface area contributed by atoms with Crippen molar-refractivity contribution >= 4 is 11.0 Å². The SMILES string of the molecule is COc1ccc2c(C[NH2+][C@@H](C)c3ccccc3)cc(=O)oc2c1. The zero-order valence-electron chi connectivity index (χ0n) is 13.3. The van der Waals surface area contributed by atoms with E-state index in [0.29, 0.717) is 23.9 Å². The second-order valence-corrected chi connectivity index (χ2v) is 5.59. The van der Waals surface area contributed by atoms with Crippen molar-refractivity contribution in [3.05, 3.63) is 76.1 Å². The van der Waals surface area contributed by atoms with E-state index >= 15 is 0 Å². The number of quaternary nitrogens is 1. The van der Waals surface area contributed by atoms with Crippen LogP contribution in [0.15, 0.2) is 63.8 Å². The molecule has 4 heteroatoms. The number of benzene rings is 2. The van der Waals surface area contributed by atoms with E-state index in [9.17, 15) is 4.79 Å². The van der Waals surface area contributed by atoms with Gasteiger partial charge in [-0.1, -0.05) is 30.3 Å². The summed E-state index contributed by atoms with van der Waals surface area (Å²) in [6, 6.07) is 17.8. The van der Waals surface area contributed by atoms with Crippen LogP contribution < -0.4 is 15.7 Å². The summed E-state index contributed by atoms with van der Waals surface area (Å²) in [5, 5.41) is 3.16. The highest BCUT2D eigenvalue weighted by atomic mass is 16.5. The van der Waals surface area contributed by atoms with Gasteiger partial charge in [0.2, 0.25) is 0 Å². The molecule has 1 atom stereocenters. The monoisotopic (exact) mass is 310 g/mol. The molecule has 0 spiro atoms. The molecule has 3 rings (SSSR count). The molecule has 0 fully saturated rings. The van der Waals surface area contributed by atoms with Crippen LogP contribution in [0.4, 0.5) is 0 Å². The van der Waals surface area contributed by atoms with E-state index in [2.05, 4.69) is 24.4 Å². The van der Waals surface area contributed by atoms with Crippen LogP contribution in [0.2, 0.25) is 0 Å². The van der Waals surface area contributed by atoms with Crippen molar-refractivity contribution in [2.45, 2.75) is 19.5 Å². The Morgan fingerprint density at radius 2 is 1.91 bits per heavy atom. The molecule has 0 aliphatic heterocycles. The topological polar surface area (TPSA) is 56.0 Å². The summed E-state index contributed by atoms with van der Waals surface area (Å²) in [7, 11) is 1.60. The quantitative estimate of drug-likeness (QED) is 0.737. The van der Waals surface area contributed by atoms with Crippen molar-refractivity contribution in [3.63, 3.8) is 0 Å². The van der Waals surface area contributed by atoms with E-state index < -0.39 is 0 Å². The zero-order valence-corrected chi connectivity index (χ0v) is 13.3. The molecule has 1 aromatic heterocycles. The molecule has 2 N–H and O–H groups in total. The second kappa shape index (κ2) is 6.67. The van der Waals surface area contributed by atoms with Gasteiger partial charge in [0.1, 0.15) is 23.9 Å². The molecule has 0 radical (unpaired) electrons. The molecular formula is C19H20NO3+. The predicted molar refractivity (Wildman–Crippen MR) is 89.5 cm³/mol. The average molecular weight is 310 g/mol. The summed E-state index contributed by atoms with van der Waals surface area (Å²) >= 11 is 0. The predicted octanol–water partition coefficient (Wildman–Crippen LogP) is 2.63. The standard InChI is InChI=1S/C19H19NO3/c1-13(14-6-4-3-5-7-14)20-12-15-10-19(21)23-18-11-16(22-2)8-9-17(15)18/h3-11,13,20H,12H2,1-2H3/p+1/t13-/m0/s1. The molecule has 23 heavy (non-hydrogen) atoms.